The van der Waals surface area contributed by atoms with E-state index in [0.29, 0.717) is 43.3 Å². The number of likely N-dealkylation sites (N-methyl/N-ethyl adjacent to an activating group) is 2. The largest absolute Gasteiger partial charge is 0.369 e. The van der Waals surface area contributed by atoms with Crippen molar-refractivity contribution < 1.29 is 9.59 Å². The molecule has 0 unspecified atom stereocenters. The van der Waals surface area contributed by atoms with Crippen molar-refractivity contribution in [3.05, 3.63) is 48.3 Å². The van der Waals surface area contributed by atoms with Crippen molar-refractivity contribution in [1.82, 2.24) is 35.3 Å². The van der Waals surface area contributed by atoms with Gasteiger partial charge in [-0.1, -0.05) is 30.9 Å². The molecule has 1 atom stereocenters. The minimum Gasteiger partial charge on any atom is -0.369 e. The van der Waals surface area contributed by atoms with Gasteiger partial charge >= 0.3 is 0 Å². The molecule has 0 radical (unpaired) electrons. The van der Waals surface area contributed by atoms with Crippen LogP contribution in [-0.4, -0.2) is 88.6 Å². The summed E-state index contributed by atoms with van der Waals surface area (Å²) in [6.07, 6.45) is 8.96. The van der Waals surface area contributed by atoms with E-state index in [1.54, 1.807) is 32.4 Å². The molecule has 0 aliphatic carbocycles. The smallest absolute Gasteiger partial charge is 0.246 e. The molecule has 0 bridgehead atoms. The van der Waals surface area contributed by atoms with Gasteiger partial charge in [0, 0.05) is 44.6 Å². The molecule has 2 aromatic heterocycles. The highest BCUT2D eigenvalue weighted by Crippen LogP contribution is 2.24. The summed E-state index contributed by atoms with van der Waals surface area (Å²) in [6.45, 7) is 5.69. The molecule has 0 spiro atoms. The topological polar surface area (TPSA) is 131 Å². The van der Waals surface area contributed by atoms with Crippen molar-refractivity contribution in [3.63, 3.8) is 0 Å². The number of unbranched alkanes of at least 4 members (excludes halogenated alkanes) is 1. The van der Waals surface area contributed by atoms with Gasteiger partial charge in [0.2, 0.25) is 17.8 Å². The number of nitrogens with one attached hydrogen (secondary N) is 4. The number of H-pyrrole nitrogens is 1. The molecule has 0 aliphatic rings. The summed E-state index contributed by atoms with van der Waals surface area (Å²) >= 11 is 0. The quantitative estimate of drug-likeness (QED) is 0.146. The van der Waals surface area contributed by atoms with E-state index in [1.807, 2.05) is 37.2 Å². The number of aromatic amines is 1. The first kappa shape index (κ1) is 30.1. The Morgan fingerprint density at radius 1 is 1.18 bits per heavy atom. The summed E-state index contributed by atoms with van der Waals surface area (Å²) in [6, 6.07) is 5.27. The highest BCUT2D eigenvalue weighted by atomic mass is 16.2. The van der Waals surface area contributed by atoms with Gasteiger partial charge in [0.1, 0.15) is 11.9 Å². The van der Waals surface area contributed by atoms with Crippen LogP contribution in [0.3, 0.4) is 0 Å². The predicted molar refractivity (Wildman–Crippen MR) is 159 cm³/mol. The van der Waals surface area contributed by atoms with Crippen molar-refractivity contribution >= 4 is 40.2 Å². The van der Waals surface area contributed by atoms with Gasteiger partial charge in [0.15, 0.2) is 0 Å². The molecule has 0 saturated carbocycles. The Bertz CT molecular complexity index is 1370. The van der Waals surface area contributed by atoms with E-state index in [0.717, 1.165) is 29.6 Å². The number of hydrogen-bond acceptors (Lipinski definition) is 8. The minimum atomic E-state index is -0.570. The number of anilines is 3. The number of nitrogens with zero attached hydrogens (tertiary/aromatic N) is 5. The second kappa shape index (κ2) is 15.2. The fourth-order valence-corrected chi connectivity index (χ4v) is 3.65. The van der Waals surface area contributed by atoms with Crippen LogP contribution in [0.25, 0.3) is 10.9 Å². The molecule has 2 amide bonds. The Labute approximate surface area is 235 Å². The van der Waals surface area contributed by atoms with Crippen LogP contribution in [-0.2, 0) is 9.59 Å². The monoisotopic (exact) mass is 545 g/mol. The average molecular weight is 546 g/mol. The molecule has 0 fully saturated rings. The molecule has 11 heteroatoms. The average Bonchev–Trinajstić information content (AvgIpc) is 3.43. The lowest BCUT2D eigenvalue weighted by Gasteiger charge is -2.23. The fourth-order valence-electron chi connectivity index (χ4n) is 3.65. The van der Waals surface area contributed by atoms with Crippen LogP contribution in [0.15, 0.2) is 42.7 Å². The maximum Gasteiger partial charge on any atom is 0.246 e. The fraction of sp³-hybridized carbons (Fsp3) is 0.414. The molecule has 11 nitrogen and oxygen atoms in total. The third-order valence-electron chi connectivity index (χ3n) is 6.10. The normalized spacial score (nSPS) is 11.8. The van der Waals surface area contributed by atoms with Gasteiger partial charge in [-0.05, 0) is 46.0 Å². The summed E-state index contributed by atoms with van der Waals surface area (Å²) in [5, 5.41) is 17.5. The van der Waals surface area contributed by atoms with Crippen LogP contribution in [0, 0.1) is 11.8 Å². The van der Waals surface area contributed by atoms with E-state index in [2.05, 4.69) is 54.9 Å². The Morgan fingerprint density at radius 3 is 2.77 bits per heavy atom. The lowest BCUT2D eigenvalue weighted by Crippen LogP contribution is -2.45. The molecular formula is C29H39N9O2. The van der Waals surface area contributed by atoms with Crippen molar-refractivity contribution in [2.24, 2.45) is 0 Å². The Morgan fingerprint density at radius 2 is 2.00 bits per heavy atom. The second-order valence-corrected chi connectivity index (χ2v) is 9.63. The lowest BCUT2D eigenvalue weighted by molar-refractivity contribution is -0.135. The van der Waals surface area contributed by atoms with Gasteiger partial charge in [-0.2, -0.15) is 10.1 Å². The van der Waals surface area contributed by atoms with Crippen LogP contribution >= 0.6 is 0 Å². The van der Waals surface area contributed by atoms with Crippen molar-refractivity contribution in [3.8, 4) is 11.8 Å². The minimum absolute atomic E-state index is 0.196. The summed E-state index contributed by atoms with van der Waals surface area (Å²) in [5.74, 6) is 7.04. The van der Waals surface area contributed by atoms with Gasteiger partial charge in [-0.3, -0.25) is 14.7 Å². The number of rotatable bonds is 13. The SMILES string of the molecule is CCCNc1nc(Nc2cccc3[nH]ncc23)ncc1C#CCCCNC(=O)[C@H](C)N(C)C(=O)/C=C/CN(C)C. The Hall–Kier alpha value is -4.43. The predicted octanol–water partition coefficient (Wildman–Crippen LogP) is 3.13. The van der Waals surface area contributed by atoms with Gasteiger partial charge in [-0.25, -0.2) is 4.98 Å². The molecule has 3 aromatic rings. The van der Waals surface area contributed by atoms with Crippen LogP contribution < -0.4 is 16.0 Å². The van der Waals surface area contributed by atoms with E-state index in [9.17, 15) is 9.59 Å². The molecule has 1 aromatic carbocycles. The van der Waals surface area contributed by atoms with Crippen LogP contribution in [0.2, 0.25) is 0 Å². The summed E-state index contributed by atoms with van der Waals surface area (Å²) in [4.78, 5) is 37.2. The first-order valence-corrected chi connectivity index (χ1v) is 13.4. The molecule has 212 valence electrons. The van der Waals surface area contributed by atoms with E-state index >= 15 is 0 Å². The Balaban J connectivity index is 1.52. The maximum atomic E-state index is 12.5. The third-order valence-corrected chi connectivity index (χ3v) is 6.10. The molecule has 0 saturated heterocycles. The number of benzene rings is 1. The standard InChI is InChI=1S/C29H39N9O2/c1-6-16-30-27-22(19-32-29(35-27)34-24-13-10-14-25-23(24)20-33-36-25)12-8-7-9-17-31-28(40)21(2)38(5)26(39)15-11-18-37(3)4/h10-11,13-15,19-21H,6-7,9,16-18H2,1-5H3,(H,31,40)(H,33,36)(H2,30,32,34,35)/b15-11+/t21-/m0/s1. The lowest BCUT2D eigenvalue weighted by atomic mass is 10.2. The summed E-state index contributed by atoms with van der Waals surface area (Å²) in [5.41, 5.74) is 2.50. The van der Waals surface area contributed by atoms with E-state index < -0.39 is 6.04 Å². The number of carbonyl (C=O) groups is 2. The number of carbonyl (C=O) groups excluding carboxylic acids is 2. The zero-order valence-electron chi connectivity index (χ0n) is 23.9. The molecule has 3 rings (SSSR count). The molecule has 2 heterocycles. The van der Waals surface area contributed by atoms with E-state index in [1.165, 1.54) is 11.0 Å². The number of hydrogen-bond donors (Lipinski definition) is 4. The summed E-state index contributed by atoms with van der Waals surface area (Å²) < 4.78 is 0. The van der Waals surface area contributed by atoms with Gasteiger partial charge in [0.05, 0.1) is 29.2 Å². The molecular weight excluding hydrogens is 506 g/mol. The molecule has 0 aliphatic heterocycles. The number of aromatic nitrogens is 4. The highest BCUT2D eigenvalue weighted by molar-refractivity contribution is 5.93. The van der Waals surface area contributed by atoms with Gasteiger partial charge in [0.25, 0.3) is 0 Å². The van der Waals surface area contributed by atoms with Gasteiger partial charge in [-0.15, -0.1) is 0 Å². The van der Waals surface area contributed by atoms with E-state index in [-0.39, 0.29) is 11.8 Å². The van der Waals surface area contributed by atoms with Crippen molar-refractivity contribution in [2.45, 2.75) is 39.2 Å². The molecule has 4 N–H and O–H groups in total. The zero-order valence-corrected chi connectivity index (χ0v) is 23.9. The van der Waals surface area contributed by atoms with Crippen molar-refractivity contribution in [1.29, 1.82) is 0 Å². The first-order valence-electron chi connectivity index (χ1n) is 13.4. The van der Waals surface area contributed by atoms with Crippen LogP contribution in [0.4, 0.5) is 17.5 Å². The summed E-state index contributed by atoms with van der Waals surface area (Å²) in [7, 11) is 5.48. The Kier molecular flexibility index (Phi) is 11.5. The maximum absolute atomic E-state index is 12.5. The second-order valence-electron chi connectivity index (χ2n) is 9.63. The number of fused-ring (bicyclic) bond motifs is 1. The molecule has 40 heavy (non-hydrogen) atoms. The van der Waals surface area contributed by atoms with Crippen molar-refractivity contribution in [2.75, 3.05) is 51.4 Å². The van der Waals surface area contributed by atoms with Gasteiger partial charge < -0.3 is 25.8 Å². The highest BCUT2D eigenvalue weighted by Gasteiger charge is 2.20. The van der Waals surface area contributed by atoms with Crippen LogP contribution in [0.1, 0.15) is 38.7 Å². The first-order chi connectivity index (χ1) is 19.3. The van der Waals surface area contributed by atoms with E-state index in [4.69, 9.17) is 0 Å². The number of amides is 2. The zero-order chi connectivity index (χ0) is 28.9. The third kappa shape index (κ3) is 8.81. The van der Waals surface area contributed by atoms with Crippen LogP contribution in [0.5, 0.6) is 0 Å².